The predicted molar refractivity (Wildman–Crippen MR) is 68.1 cm³/mol. The second-order valence-electron chi connectivity index (χ2n) is 4.87. The van der Waals surface area contributed by atoms with E-state index in [0.717, 1.165) is 0 Å². The maximum Gasteiger partial charge on any atom is 0.367 e. The van der Waals surface area contributed by atoms with Crippen LogP contribution in [0, 0.1) is 5.41 Å². The smallest absolute Gasteiger partial charge is 0.367 e. The summed E-state index contributed by atoms with van der Waals surface area (Å²) in [5.41, 5.74) is -1.51. The standard InChI is InChI=1S/C11H18F2O9S/c1-10(5-14,6-15)9(17)21-4-2-3-8(16)22-7-11(12,13)23(18,19)20/h14-15H,2-7H2,1H3,(H,18,19,20)/p-1. The number of aliphatic hydroxyl groups is 2. The molecule has 0 fully saturated rings. The van der Waals surface area contributed by atoms with E-state index < -0.39 is 59.0 Å². The van der Waals surface area contributed by atoms with Crippen LogP contribution in [0.2, 0.25) is 0 Å². The fraction of sp³-hybridized carbons (Fsp3) is 0.818. The highest BCUT2D eigenvalue weighted by molar-refractivity contribution is 7.86. The number of aliphatic hydroxyl groups excluding tert-OH is 2. The van der Waals surface area contributed by atoms with Gasteiger partial charge in [-0.2, -0.15) is 8.78 Å². The van der Waals surface area contributed by atoms with Crippen LogP contribution in [0.1, 0.15) is 19.8 Å². The van der Waals surface area contributed by atoms with Gasteiger partial charge in [-0.3, -0.25) is 9.59 Å². The minimum absolute atomic E-state index is 0.132. The van der Waals surface area contributed by atoms with Gasteiger partial charge in [-0.15, -0.1) is 0 Å². The monoisotopic (exact) mass is 363 g/mol. The SMILES string of the molecule is CC(CO)(CO)C(=O)OCCCC(=O)OCC(F)(F)S(=O)(=O)[O-]. The molecule has 12 heteroatoms. The van der Waals surface area contributed by atoms with Crippen molar-refractivity contribution in [2.45, 2.75) is 25.0 Å². The molecule has 9 nitrogen and oxygen atoms in total. The van der Waals surface area contributed by atoms with E-state index in [1.807, 2.05) is 0 Å². The summed E-state index contributed by atoms with van der Waals surface area (Å²) in [6, 6.07) is 0. The summed E-state index contributed by atoms with van der Waals surface area (Å²) in [6.45, 7) is -2.30. The Labute approximate surface area is 130 Å². The van der Waals surface area contributed by atoms with Gasteiger partial charge in [0, 0.05) is 6.42 Å². The van der Waals surface area contributed by atoms with Crippen molar-refractivity contribution in [3.8, 4) is 0 Å². The topological polar surface area (TPSA) is 150 Å². The number of hydrogen-bond acceptors (Lipinski definition) is 9. The molecule has 136 valence electrons. The van der Waals surface area contributed by atoms with E-state index in [1.54, 1.807) is 0 Å². The van der Waals surface area contributed by atoms with Gasteiger partial charge < -0.3 is 24.2 Å². The van der Waals surface area contributed by atoms with Gasteiger partial charge in [-0.05, 0) is 13.3 Å². The van der Waals surface area contributed by atoms with Gasteiger partial charge in [0.05, 0.1) is 19.8 Å². The molecule has 0 aromatic rings. The van der Waals surface area contributed by atoms with Crippen molar-refractivity contribution in [1.29, 1.82) is 0 Å². The highest BCUT2D eigenvalue weighted by Gasteiger charge is 2.39. The molecule has 0 atom stereocenters. The van der Waals surface area contributed by atoms with Crippen LogP contribution in [0.5, 0.6) is 0 Å². The van der Waals surface area contributed by atoms with Crippen LogP contribution in [0.15, 0.2) is 0 Å². The zero-order valence-electron chi connectivity index (χ0n) is 12.2. The minimum Gasteiger partial charge on any atom is -0.743 e. The number of carbonyl (C=O) groups is 2. The lowest BCUT2D eigenvalue weighted by Gasteiger charge is -2.22. The number of hydrogen-bond donors (Lipinski definition) is 2. The van der Waals surface area contributed by atoms with E-state index in [2.05, 4.69) is 9.47 Å². The largest absolute Gasteiger partial charge is 0.743 e. The summed E-state index contributed by atoms with van der Waals surface area (Å²) < 4.78 is 64.5. The molecule has 0 unspecified atom stereocenters. The summed E-state index contributed by atoms with van der Waals surface area (Å²) in [6.07, 6.45) is -0.607. The Morgan fingerprint density at radius 3 is 2.13 bits per heavy atom. The van der Waals surface area contributed by atoms with E-state index in [9.17, 15) is 31.3 Å². The van der Waals surface area contributed by atoms with Gasteiger partial charge in [-0.25, -0.2) is 8.42 Å². The van der Waals surface area contributed by atoms with Crippen LogP contribution >= 0.6 is 0 Å². The first kappa shape index (κ1) is 21.6. The Hall–Kier alpha value is -1.37. The molecule has 0 aliphatic rings. The number of alkyl halides is 2. The van der Waals surface area contributed by atoms with Crippen LogP contribution in [-0.4, -0.2) is 66.8 Å². The second-order valence-corrected chi connectivity index (χ2v) is 6.37. The minimum atomic E-state index is -5.93. The normalized spacial score (nSPS) is 12.8. The van der Waals surface area contributed by atoms with Gasteiger partial charge in [-0.1, -0.05) is 0 Å². The molecule has 0 aromatic carbocycles. The summed E-state index contributed by atoms with van der Waals surface area (Å²) in [7, 11) is -5.93. The van der Waals surface area contributed by atoms with Crippen LogP contribution in [-0.2, 0) is 29.2 Å². The Balaban J connectivity index is 4.13. The lowest BCUT2D eigenvalue weighted by Crippen LogP contribution is -2.37. The van der Waals surface area contributed by atoms with Crippen LogP contribution in [0.25, 0.3) is 0 Å². The van der Waals surface area contributed by atoms with Crippen molar-refractivity contribution in [1.82, 2.24) is 0 Å². The molecule has 23 heavy (non-hydrogen) atoms. The Morgan fingerprint density at radius 1 is 1.17 bits per heavy atom. The molecular formula is C11H17F2O9S-. The average Bonchev–Trinajstić information content (AvgIpc) is 2.47. The number of carbonyl (C=O) groups excluding carboxylic acids is 2. The summed E-state index contributed by atoms with van der Waals surface area (Å²) in [5, 5.41) is 13.1. The molecular weight excluding hydrogens is 346 g/mol. The zero-order valence-corrected chi connectivity index (χ0v) is 13.0. The lowest BCUT2D eigenvalue weighted by atomic mass is 9.93. The van der Waals surface area contributed by atoms with Crippen molar-refractivity contribution >= 4 is 22.1 Å². The highest BCUT2D eigenvalue weighted by Crippen LogP contribution is 2.21. The number of halogens is 2. The summed E-state index contributed by atoms with van der Waals surface area (Å²) in [4.78, 5) is 22.6. The Morgan fingerprint density at radius 2 is 1.70 bits per heavy atom. The molecule has 2 N–H and O–H groups in total. The van der Waals surface area contributed by atoms with Crippen molar-refractivity contribution in [3.63, 3.8) is 0 Å². The van der Waals surface area contributed by atoms with Gasteiger partial charge in [0.15, 0.2) is 16.7 Å². The Kier molecular flexibility index (Phi) is 7.97. The number of esters is 2. The molecule has 0 spiro atoms. The molecule has 0 amide bonds. The molecule has 0 bridgehead atoms. The van der Waals surface area contributed by atoms with E-state index >= 15 is 0 Å². The van der Waals surface area contributed by atoms with Crippen molar-refractivity contribution in [2.24, 2.45) is 5.41 Å². The van der Waals surface area contributed by atoms with Crippen LogP contribution < -0.4 is 0 Å². The molecule has 0 saturated heterocycles. The van der Waals surface area contributed by atoms with E-state index in [4.69, 9.17) is 10.2 Å². The summed E-state index contributed by atoms with van der Waals surface area (Å²) in [5.74, 6) is -2.13. The quantitative estimate of drug-likeness (QED) is 0.282. The zero-order chi connectivity index (χ0) is 18.3. The average molecular weight is 363 g/mol. The maximum absolute atomic E-state index is 12.7. The molecule has 0 aliphatic carbocycles. The first-order chi connectivity index (χ1) is 10.4. The van der Waals surface area contributed by atoms with Gasteiger partial charge >= 0.3 is 17.2 Å². The van der Waals surface area contributed by atoms with Crippen molar-refractivity contribution in [3.05, 3.63) is 0 Å². The molecule has 0 saturated carbocycles. The number of ether oxygens (including phenoxy) is 2. The van der Waals surface area contributed by atoms with Crippen LogP contribution in [0.3, 0.4) is 0 Å². The second kappa shape index (κ2) is 8.47. The highest BCUT2D eigenvalue weighted by atomic mass is 32.2. The summed E-state index contributed by atoms with van der Waals surface area (Å²) >= 11 is 0. The van der Waals surface area contributed by atoms with Crippen molar-refractivity contribution in [2.75, 3.05) is 26.4 Å². The fourth-order valence-electron chi connectivity index (χ4n) is 1.04. The lowest BCUT2D eigenvalue weighted by molar-refractivity contribution is -0.161. The van der Waals surface area contributed by atoms with E-state index in [0.29, 0.717) is 0 Å². The Bertz CT molecular complexity index is 514. The molecule has 0 aliphatic heterocycles. The molecule has 0 radical (unpaired) electrons. The predicted octanol–water partition coefficient (Wildman–Crippen LogP) is -1.02. The third-order valence-corrected chi connectivity index (χ3v) is 3.57. The van der Waals surface area contributed by atoms with E-state index in [-0.39, 0.29) is 13.0 Å². The first-order valence-electron chi connectivity index (χ1n) is 6.27. The third-order valence-electron chi connectivity index (χ3n) is 2.72. The van der Waals surface area contributed by atoms with Gasteiger partial charge in [0.25, 0.3) is 0 Å². The molecule has 0 rings (SSSR count). The molecule has 0 heterocycles. The van der Waals surface area contributed by atoms with Gasteiger partial charge in [0.1, 0.15) is 5.41 Å². The van der Waals surface area contributed by atoms with E-state index in [1.165, 1.54) is 6.92 Å². The van der Waals surface area contributed by atoms with Crippen molar-refractivity contribution < 1.29 is 51.0 Å². The van der Waals surface area contributed by atoms with Crippen LogP contribution in [0.4, 0.5) is 8.78 Å². The number of rotatable bonds is 10. The third kappa shape index (κ3) is 6.72. The molecule has 0 aromatic heterocycles. The first-order valence-corrected chi connectivity index (χ1v) is 7.68. The van der Waals surface area contributed by atoms with Gasteiger partial charge in [0.2, 0.25) is 0 Å². The maximum atomic E-state index is 12.7. The fourth-order valence-corrected chi connectivity index (χ4v) is 1.25.